The van der Waals surface area contributed by atoms with Crippen LogP contribution in [0.5, 0.6) is 0 Å². The minimum atomic E-state index is -0.594. The molecule has 1 saturated heterocycles. The average molecular weight is 378 g/mol. The molecule has 138 valence electrons. The second kappa shape index (κ2) is 8.78. The van der Waals surface area contributed by atoms with Crippen molar-refractivity contribution in [1.82, 2.24) is 10.2 Å². The highest BCUT2D eigenvalue weighted by Crippen LogP contribution is 2.23. The van der Waals surface area contributed by atoms with Crippen LogP contribution in [0, 0.1) is 12.7 Å². The van der Waals surface area contributed by atoms with Gasteiger partial charge in [0.1, 0.15) is 5.82 Å². The molecule has 2 amide bonds. The number of amides is 2. The first-order valence-corrected chi connectivity index (χ1v) is 8.23. The van der Waals surface area contributed by atoms with Crippen molar-refractivity contribution in [3.8, 4) is 0 Å². The van der Waals surface area contributed by atoms with Crippen LogP contribution in [0.1, 0.15) is 26.3 Å². The van der Waals surface area contributed by atoms with Crippen molar-refractivity contribution in [3.05, 3.63) is 65.0 Å². The zero-order valence-electron chi connectivity index (χ0n) is 14.4. The molecule has 0 unspecified atom stereocenters. The molecule has 5 nitrogen and oxygen atoms in total. The molecular weight excluding hydrogens is 357 g/mol. The maximum atomic E-state index is 13.9. The molecule has 2 aromatic rings. The minimum absolute atomic E-state index is 0. The molecule has 0 atom stereocenters. The summed E-state index contributed by atoms with van der Waals surface area (Å²) in [5.74, 6) is -1.29. The highest BCUT2D eigenvalue weighted by atomic mass is 35.5. The lowest BCUT2D eigenvalue weighted by atomic mass is 10.1. The van der Waals surface area contributed by atoms with Crippen LogP contribution in [0.3, 0.4) is 0 Å². The number of carbonyl (C=O) groups is 2. The number of hydrogen-bond donors (Lipinski definition) is 2. The predicted octanol–water partition coefficient (Wildman–Crippen LogP) is 2.85. The van der Waals surface area contributed by atoms with E-state index in [0.29, 0.717) is 24.3 Å². The van der Waals surface area contributed by atoms with E-state index in [2.05, 4.69) is 10.6 Å². The van der Waals surface area contributed by atoms with Crippen LogP contribution in [0.2, 0.25) is 0 Å². The van der Waals surface area contributed by atoms with E-state index < -0.39 is 11.7 Å². The van der Waals surface area contributed by atoms with Crippen molar-refractivity contribution in [1.29, 1.82) is 0 Å². The second-order valence-corrected chi connectivity index (χ2v) is 5.97. The van der Waals surface area contributed by atoms with Gasteiger partial charge in [-0.3, -0.25) is 9.59 Å². The van der Waals surface area contributed by atoms with E-state index in [1.807, 2.05) is 13.0 Å². The average Bonchev–Trinajstić information content (AvgIpc) is 2.64. The zero-order valence-corrected chi connectivity index (χ0v) is 15.2. The maximum Gasteiger partial charge on any atom is 0.258 e. The SMILES string of the molecule is Cc1cccc(C(=O)N2CCNCC2)c1NC(=O)c1ccccc1F.Cl. The number of halogens is 2. The monoisotopic (exact) mass is 377 g/mol. The van der Waals surface area contributed by atoms with E-state index in [1.165, 1.54) is 18.2 Å². The molecule has 0 saturated carbocycles. The van der Waals surface area contributed by atoms with Gasteiger partial charge in [0.2, 0.25) is 0 Å². The van der Waals surface area contributed by atoms with Gasteiger partial charge in [-0.05, 0) is 30.7 Å². The molecule has 0 radical (unpaired) electrons. The fourth-order valence-corrected chi connectivity index (χ4v) is 2.88. The lowest BCUT2D eigenvalue weighted by Crippen LogP contribution is -2.46. The topological polar surface area (TPSA) is 61.4 Å². The zero-order chi connectivity index (χ0) is 17.8. The smallest absolute Gasteiger partial charge is 0.258 e. The molecule has 7 heteroatoms. The third-order valence-electron chi connectivity index (χ3n) is 4.26. The molecule has 1 aliphatic rings. The Bertz CT molecular complexity index is 807. The van der Waals surface area contributed by atoms with E-state index >= 15 is 0 Å². The predicted molar refractivity (Wildman–Crippen MR) is 102 cm³/mol. The quantitative estimate of drug-likeness (QED) is 0.864. The van der Waals surface area contributed by atoms with Gasteiger partial charge in [-0.15, -0.1) is 12.4 Å². The number of hydrogen-bond acceptors (Lipinski definition) is 3. The van der Waals surface area contributed by atoms with Crippen molar-refractivity contribution in [3.63, 3.8) is 0 Å². The van der Waals surface area contributed by atoms with Gasteiger partial charge >= 0.3 is 0 Å². The molecule has 2 aromatic carbocycles. The normalized spacial score (nSPS) is 13.7. The number of benzene rings is 2. The first-order chi connectivity index (χ1) is 12.1. The Morgan fingerprint density at radius 3 is 2.38 bits per heavy atom. The number of carbonyl (C=O) groups excluding carboxylic acids is 2. The molecule has 3 rings (SSSR count). The third kappa shape index (κ3) is 4.20. The van der Waals surface area contributed by atoms with Gasteiger partial charge in [0.25, 0.3) is 11.8 Å². The molecule has 0 aliphatic carbocycles. The lowest BCUT2D eigenvalue weighted by Gasteiger charge is -2.28. The highest BCUT2D eigenvalue weighted by molar-refractivity contribution is 6.09. The van der Waals surface area contributed by atoms with Crippen molar-refractivity contribution in [2.75, 3.05) is 31.5 Å². The van der Waals surface area contributed by atoms with Crippen molar-refractivity contribution >= 4 is 29.9 Å². The van der Waals surface area contributed by atoms with Crippen molar-refractivity contribution in [2.45, 2.75) is 6.92 Å². The Balaban J connectivity index is 0.00000243. The molecular formula is C19H21ClFN3O2. The summed E-state index contributed by atoms with van der Waals surface area (Å²) in [6.07, 6.45) is 0. The number of piperazine rings is 1. The molecule has 0 aromatic heterocycles. The van der Waals surface area contributed by atoms with E-state index in [0.717, 1.165) is 18.7 Å². The van der Waals surface area contributed by atoms with Crippen LogP contribution in [0.25, 0.3) is 0 Å². The number of nitrogens with one attached hydrogen (secondary N) is 2. The fraction of sp³-hybridized carbons (Fsp3) is 0.263. The summed E-state index contributed by atoms with van der Waals surface area (Å²) in [5, 5.41) is 5.92. The number of para-hydroxylation sites is 1. The van der Waals surface area contributed by atoms with Gasteiger partial charge in [0.15, 0.2) is 0 Å². The van der Waals surface area contributed by atoms with Gasteiger partial charge in [-0.1, -0.05) is 24.3 Å². The summed E-state index contributed by atoms with van der Waals surface area (Å²) < 4.78 is 13.9. The van der Waals surface area contributed by atoms with Crippen LogP contribution in [-0.2, 0) is 0 Å². The van der Waals surface area contributed by atoms with E-state index in [1.54, 1.807) is 23.1 Å². The van der Waals surface area contributed by atoms with Crippen LogP contribution >= 0.6 is 12.4 Å². The Hall–Kier alpha value is -2.44. The second-order valence-electron chi connectivity index (χ2n) is 5.97. The van der Waals surface area contributed by atoms with Gasteiger partial charge in [-0.25, -0.2) is 4.39 Å². The van der Waals surface area contributed by atoms with Crippen molar-refractivity contribution in [2.24, 2.45) is 0 Å². The van der Waals surface area contributed by atoms with Gasteiger partial charge in [0.05, 0.1) is 16.8 Å². The Labute approximate surface area is 158 Å². The molecule has 1 fully saturated rings. The first-order valence-electron chi connectivity index (χ1n) is 8.23. The summed E-state index contributed by atoms with van der Waals surface area (Å²) >= 11 is 0. The molecule has 0 bridgehead atoms. The Morgan fingerprint density at radius 1 is 1.04 bits per heavy atom. The third-order valence-corrected chi connectivity index (χ3v) is 4.26. The molecule has 26 heavy (non-hydrogen) atoms. The molecule has 1 aliphatic heterocycles. The summed E-state index contributed by atoms with van der Waals surface area (Å²) in [7, 11) is 0. The molecule has 2 N–H and O–H groups in total. The molecule has 0 spiro atoms. The summed E-state index contributed by atoms with van der Waals surface area (Å²) in [4.78, 5) is 27.0. The van der Waals surface area contributed by atoms with Crippen LogP contribution in [0.15, 0.2) is 42.5 Å². The fourth-order valence-electron chi connectivity index (χ4n) is 2.88. The number of anilines is 1. The Kier molecular flexibility index (Phi) is 6.71. The van der Waals surface area contributed by atoms with Crippen molar-refractivity contribution < 1.29 is 14.0 Å². The van der Waals surface area contributed by atoms with Gasteiger partial charge in [-0.2, -0.15) is 0 Å². The molecule has 1 heterocycles. The number of nitrogens with zero attached hydrogens (tertiary/aromatic N) is 1. The van der Waals surface area contributed by atoms with Gasteiger partial charge < -0.3 is 15.5 Å². The lowest BCUT2D eigenvalue weighted by molar-refractivity contribution is 0.0737. The highest BCUT2D eigenvalue weighted by Gasteiger charge is 2.23. The van der Waals surface area contributed by atoms with Crippen LogP contribution < -0.4 is 10.6 Å². The number of aryl methyl sites for hydroxylation is 1. The van der Waals surface area contributed by atoms with Crippen LogP contribution in [0.4, 0.5) is 10.1 Å². The summed E-state index contributed by atoms with van der Waals surface area (Å²) in [6.45, 7) is 4.54. The van der Waals surface area contributed by atoms with E-state index in [-0.39, 0.29) is 23.9 Å². The first kappa shape index (κ1) is 19.9. The van der Waals surface area contributed by atoms with Crippen LogP contribution in [-0.4, -0.2) is 42.9 Å². The minimum Gasteiger partial charge on any atom is -0.336 e. The summed E-state index contributed by atoms with van der Waals surface area (Å²) in [6, 6.07) is 11.1. The Morgan fingerprint density at radius 2 is 1.69 bits per heavy atom. The number of rotatable bonds is 3. The maximum absolute atomic E-state index is 13.9. The van der Waals surface area contributed by atoms with E-state index in [9.17, 15) is 14.0 Å². The summed E-state index contributed by atoms with van der Waals surface area (Å²) in [5.41, 5.74) is 1.56. The van der Waals surface area contributed by atoms with E-state index in [4.69, 9.17) is 0 Å². The van der Waals surface area contributed by atoms with Gasteiger partial charge in [0, 0.05) is 26.2 Å². The standard InChI is InChI=1S/C19H20FN3O2.ClH/c1-13-5-4-7-15(19(25)23-11-9-21-10-12-23)17(13)22-18(24)14-6-2-3-8-16(14)20;/h2-8,21H,9-12H2,1H3,(H,22,24);1H. The largest absolute Gasteiger partial charge is 0.336 e.